The molecule has 1 heterocycles. The summed E-state index contributed by atoms with van der Waals surface area (Å²) in [5.74, 6) is 0.826. The van der Waals surface area contributed by atoms with Crippen molar-refractivity contribution in [3.05, 3.63) is 30.6 Å². The van der Waals surface area contributed by atoms with Crippen LogP contribution in [0.25, 0.3) is 11.4 Å². The zero-order valence-corrected chi connectivity index (χ0v) is 7.31. The third-order valence-corrected chi connectivity index (χ3v) is 1.86. The Morgan fingerprint density at radius 1 is 1.38 bits per heavy atom. The van der Waals surface area contributed by atoms with E-state index in [1.165, 1.54) is 6.33 Å². The van der Waals surface area contributed by atoms with E-state index in [1.54, 1.807) is 4.68 Å². The number of hydrogen-bond acceptors (Lipinski definition) is 3. The molecule has 66 valence electrons. The largest absolute Gasteiger partial charge is 0.399 e. The normalized spacial score (nSPS) is 10.2. The first-order chi connectivity index (χ1) is 6.27. The summed E-state index contributed by atoms with van der Waals surface area (Å²) >= 11 is 0. The van der Waals surface area contributed by atoms with Gasteiger partial charge in [-0.2, -0.15) is 5.10 Å². The number of nitrogen functional groups attached to an aromatic ring is 1. The third kappa shape index (κ3) is 1.38. The lowest BCUT2D eigenvalue weighted by Crippen LogP contribution is -1.95. The van der Waals surface area contributed by atoms with E-state index in [0.717, 1.165) is 17.1 Å². The van der Waals surface area contributed by atoms with Crippen LogP contribution in [0.5, 0.6) is 0 Å². The first-order valence-corrected chi connectivity index (χ1v) is 3.97. The predicted octanol–water partition coefficient (Wildman–Crippen LogP) is 1.06. The SMILES string of the molecule is Cn1ncnc1-c1cccc(N)c1. The van der Waals surface area contributed by atoms with Crippen molar-refractivity contribution >= 4 is 5.69 Å². The Morgan fingerprint density at radius 3 is 2.85 bits per heavy atom. The van der Waals surface area contributed by atoms with Crippen molar-refractivity contribution in [2.75, 3.05) is 5.73 Å². The quantitative estimate of drug-likeness (QED) is 0.658. The fourth-order valence-corrected chi connectivity index (χ4v) is 1.24. The summed E-state index contributed by atoms with van der Waals surface area (Å²) in [6.07, 6.45) is 1.53. The fraction of sp³-hybridized carbons (Fsp3) is 0.111. The summed E-state index contributed by atoms with van der Waals surface area (Å²) in [5, 5.41) is 3.99. The Morgan fingerprint density at radius 2 is 2.23 bits per heavy atom. The van der Waals surface area contributed by atoms with Crippen LogP contribution in [0.4, 0.5) is 5.69 Å². The van der Waals surface area contributed by atoms with Crippen molar-refractivity contribution < 1.29 is 0 Å². The molecule has 0 atom stereocenters. The zero-order valence-electron chi connectivity index (χ0n) is 7.31. The van der Waals surface area contributed by atoms with Crippen molar-refractivity contribution in [1.29, 1.82) is 0 Å². The molecular formula is C9H10N4. The third-order valence-electron chi connectivity index (χ3n) is 1.86. The van der Waals surface area contributed by atoms with Gasteiger partial charge >= 0.3 is 0 Å². The van der Waals surface area contributed by atoms with Crippen molar-refractivity contribution in [2.24, 2.45) is 7.05 Å². The lowest BCUT2D eigenvalue weighted by Gasteiger charge is -2.00. The molecule has 1 aromatic heterocycles. The number of rotatable bonds is 1. The number of anilines is 1. The molecule has 2 rings (SSSR count). The number of benzene rings is 1. The molecular weight excluding hydrogens is 164 g/mol. The maximum Gasteiger partial charge on any atom is 0.157 e. The van der Waals surface area contributed by atoms with E-state index in [4.69, 9.17) is 5.73 Å². The Balaban J connectivity index is 2.53. The molecule has 0 unspecified atom stereocenters. The first-order valence-electron chi connectivity index (χ1n) is 3.97. The van der Waals surface area contributed by atoms with E-state index < -0.39 is 0 Å². The van der Waals surface area contributed by atoms with Gasteiger partial charge in [-0.3, -0.25) is 0 Å². The van der Waals surface area contributed by atoms with Crippen molar-refractivity contribution in [2.45, 2.75) is 0 Å². The van der Waals surface area contributed by atoms with Gasteiger partial charge in [0.05, 0.1) is 0 Å². The number of hydrogen-bond donors (Lipinski definition) is 1. The van der Waals surface area contributed by atoms with E-state index in [2.05, 4.69) is 10.1 Å². The summed E-state index contributed by atoms with van der Waals surface area (Å²) < 4.78 is 1.72. The van der Waals surface area contributed by atoms with Crippen LogP contribution in [-0.4, -0.2) is 14.8 Å². The Labute approximate surface area is 76.0 Å². The Hall–Kier alpha value is -1.84. The van der Waals surface area contributed by atoms with Crippen LogP contribution in [0.2, 0.25) is 0 Å². The number of nitrogens with zero attached hydrogens (tertiary/aromatic N) is 3. The summed E-state index contributed by atoms with van der Waals surface area (Å²) in [6.45, 7) is 0. The maximum atomic E-state index is 5.66. The van der Waals surface area contributed by atoms with E-state index in [0.29, 0.717) is 0 Å². The van der Waals surface area contributed by atoms with Gasteiger partial charge in [-0.25, -0.2) is 9.67 Å². The highest BCUT2D eigenvalue weighted by Gasteiger charge is 2.02. The fourth-order valence-electron chi connectivity index (χ4n) is 1.24. The molecule has 2 aromatic rings. The predicted molar refractivity (Wildman–Crippen MR) is 50.9 cm³/mol. The molecule has 4 heteroatoms. The average Bonchev–Trinajstić information content (AvgIpc) is 2.51. The van der Waals surface area contributed by atoms with Crippen molar-refractivity contribution in [1.82, 2.24) is 14.8 Å². The molecule has 13 heavy (non-hydrogen) atoms. The summed E-state index contributed by atoms with van der Waals surface area (Å²) in [4.78, 5) is 4.12. The second-order valence-electron chi connectivity index (χ2n) is 2.83. The standard InChI is InChI=1S/C9H10N4/c1-13-9(11-6-12-13)7-3-2-4-8(10)5-7/h2-6H,10H2,1H3. The lowest BCUT2D eigenvalue weighted by molar-refractivity contribution is 0.774. The van der Waals surface area contributed by atoms with Crippen molar-refractivity contribution in [3.8, 4) is 11.4 Å². The summed E-state index contributed by atoms with van der Waals surface area (Å²) in [7, 11) is 1.85. The van der Waals surface area contributed by atoms with E-state index >= 15 is 0 Å². The molecule has 1 aromatic carbocycles. The number of aryl methyl sites for hydroxylation is 1. The second-order valence-corrected chi connectivity index (χ2v) is 2.83. The molecule has 4 nitrogen and oxygen atoms in total. The van der Waals surface area contributed by atoms with Crippen LogP contribution in [0.1, 0.15) is 0 Å². The molecule has 0 amide bonds. The van der Waals surface area contributed by atoms with Gasteiger partial charge < -0.3 is 5.73 Å². The average molecular weight is 174 g/mol. The van der Waals surface area contributed by atoms with Gasteiger partial charge in [0, 0.05) is 18.3 Å². The minimum atomic E-state index is 0.737. The highest BCUT2D eigenvalue weighted by atomic mass is 15.3. The number of aromatic nitrogens is 3. The van der Waals surface area contributed by atoms with E-state index in [1.807, 2.05) is 31.3 Å². The van der Waals surface area contributed by atoms with Gasteiger partial charge in [0.25, 0.3) is 0 Å². The van der Waals surface area contributed by atoms with Gasteiger partial charge in [0.2, 0.25) is 0 Å². The van der Waals surface area contributed by atoms with Crippen LogP contribution in [0, 0.1) is 0 Å². The lowest BCUT2D eigenvalue weighted by atomic mass is 10.2. The zero-order chi connectivity index (χ0) is 9.26. The van der Waals surface area contributed by atoms with Gasteiger partial charge in [-0.15, -0.1) is 0 Å². The highest BCUT2D eigenvalue weighted by Crippen LogP contribution is 2.17. The highest BCUT2D eigenvalue weighted by molar-refractivity contribution is 5.60. The van der Waals surface area contributed by atoms with Crippen LogP contribution in [0.3, 0.4) is 0 Å². The van der Waals surface area contributed by atoms with Crippen LogP contribution >= 0.6 is 0 Å². The minimum absolute atomic E-state index is 0.737. The topological polar surface area (TPSA) is 56.7 Å². The molecule has 0 radical (unpaired) electrons. The molecule has 0 saturated heterocycles. The molecule has 0 spiro atoms. The first kappa shape index (κ1) is 7.79. The summed E-state index contributed by atoms with van der Waals surface area (Å²) in [5.41, 5.74) is 7.38. The van der Waals surface area contributed by atoms with Crippen LogP contribution < -0.4 is 5.73 Å². The Kier molecular flexibility index (Phi) is 1.73. The summed E-state index contributed by atoms with van der Waals surface area (Å²) in [6, 6.07) is 7.59. The second kappa shape index (κ2) is 2.90. The van der Waals surface area contributed by atoms with Gasteiger partial charge in [0.1, 0.15) is 6.33 Å². The van der Waals surface area contributed by atoms with Gasteiger partial charge in [-0.05, 0) is 12.1 Å². The van der Waals surface area contributed by atoms with E-state index in [-0.39, 0.29) is 0 Å². The van der Waals surface area contributed by atoms with Gasteiger partial charge in [-0.1, -0.05) is 12.1 Å². The van der Waals surface area contributed by atoms with Crippen LogP contribution in [-0.2, 0) is 7.05 Å². The monoisotopic (exact) mass is 174 g/mol. The molecule has 0 saturated carbocycles. The Bertz CT molecular complexity index is 419. The van der Waals surface area contributed by atoms with Gasteiger partial charge in [0.15, 0.2) is 5.82 Å². The smallest absolute Gasteiger partial charge is 0.157 e. The number of nitrogens with two attached hydrogens (primary N) is 1. The molecule has 0 aliphatic carbocycles. The maximum absolute atomic E-state index is 5.66. The van der Waals surface area contributed by atoms with E-state index in [9.17, 15) is 0 Å². The molecule has 0 fully saturated rings. The molecule has 0 aliphatic heterocycles. The molecule has 0 bridgehead atoms. The van der Waals surface area contributed by atoms with Crippen LogP contribution in [0.15, 0.2) is 30.6 Å². The molecule has 2 N–H and O–H groups in total. The van der Waals surface area contributed by atoms with Crippen molar-refractivity contribution in [3.63, 3.8) is 0 Å². The minimum Gasteiger partial charge on any atom is -0.399 e. The molecule has 0 aliphatic rings.